The highest BCUT2D eigenvalue weighted by atomic mass is 79.9. The summed E-state index contributed by atoms with van der Waals surface area (Å²) < 4.78 is 2.93. The summed E-state index contributed by atoms with van der Waals surface area (Å²) in [5.74, 6) is 0.806. The second kappa shape index (κ2) is 9.67. The van der Waals surface area contributed by atoms with E-state index in [0.29, 0.717) is 11.0 Å². The summed E-state index contributed by atoms with van der Waals surface area (Å²) in [6.07, 6.45) is 3.47. The van der Waals surface area contributed by atoms with Gasteiger partial charge in [0.05, 0.1) is 5.75 Å². The van der Waals surface area contributed by atoms with Crippen LogP contribution in [0, 0.1) is 20.8 Å². The molecule has 2 aromatic carbocycles. The SMILES string of the molecule is Cc1cc(C)c(NC(=O)CSc2nnc(-c3cccnc3)n2-c2ccc(Br)cc2)c(C)c1. The van der Waals surface area contributed by atoms with Gasteiger partial charge < -0.3 is 5.32 Å². The monoisotopic (exact) mass is 507 g/mol. The Morgan fingerprint density at radius 3 is 2.44 bits per heavy atom. The summed E-state index contributed by atoms with van der Waals surface area (Å²) >= 11 is 4.83. The van der Waals surface area contributed by atoms with Gasteiger partial charge >= 0.3 is 0 Å². The number of amides is 1. The van der Waals surface area contributed by atoms with Crippen molar-refractivity contribution in [3.05, 3.63) is 82.1 Å². The number of carbonyl (C=O) groups excluding carboxylic acids is 1. The molecule has 0 spiro atoms. The Kier molecular flexibility index (Phi) is 6.72. The first-order chi connectivity index (χ1) is 15.4. The highest BCUT2D eigenvalue weighted by Crippen LogP contribution is 2.29. The summed E-state index contributed by atoms with van der Waals surface area (Å²) in [4.78, 5) is 16.9. The van der Waals surface area contributed by atoms with Crippen molar-refractivity contribution >= 4 is 39.3 Å². The minimum Gasteiger partial charge on any atom is -0.325 e. The van der Waals surface area contributed by atoms with Crippen molar-refractivity contribution in [1.82, 2.24) is 19.7 Å². The molecular weight excluding hydrogens is 486 g/mol. The molecule has 8 heteroatoms. The average Bonchev–Trinajstić information content (AvgIpc) is 3.20. The lowest BCUT2D eigenvalue weighted by Crippen LogP contribution is -2.16. The third kappa shape index (κ3) is 4.92. The summed E-state index contributed by atoms with van der Waals surface area (Å²) in [5.41, 5.74) is 5.91. The van der Waals surface area contributed by atoms with Crippen molar-refractivity contribution in [2.45, 2.75) is 25.9 Å². The molecule has 0 saturated carbocycles. The number of carbonyl (C=O) groups is 1. The lowest BCUT2D eigenvalue weighted by atomic mass is 10.1. The van der Waals surface area contributed by atoms with E-state index in [1.54, 1.807) is 12.4 Å². The molecule has 0 saturated heterocycles. The van der Waals surface area contributed by atoms with Crippen LogP contribution >= 0.6 is 27.7 Å². The van der Waals surface area contributed by atoms with E-state index >= 15 is 0 Å². The van der Waals surface area contributed by atoms with Gasteiger partial charge in [0.2, 0.25) is 5.91 Å². The molecule has 2 aromatic heterocycles. The van der Waals surface area contributed by atoms with Crippen LogP contribution in [0.2, 0.25) is 0 Å². The van der Waals surface area contributed by atoms with Gasteiger partial charge in [-0.05, 0) is 68.3 Å². The molecule has 0 unspecified atom stereocenters. The van der Waals surface area contributed by atoms with Crippen LogP contribution in [0.25, 0.3) is 17.1 Å². The maximum Gasteiger partial charge on any atom is 0.234 e. The Hall–Kier alpha value is -2.97. The van der Waals surface area contributed by atoms with Crippen molar-refractivity contribution in [2.75, 3.05) is 11.1 Å². The number of aryl methyl sites for hydroxylation is 3. The van der Waals surface area contributed by atoms with Crippen molar-refractivity contribution in [2.24, 2.45) is 0 Å². The first-order valence-corrected chi connectivity index (χ1v) is 11.8. The van der Waals surface area contributed by atoms with E-state index in [1.807, 2.05) is 54.8 Å². The van der Waals surface area contributed by atoms with Gasteiger partial charge in [0.25, 0.3) is 0 Å². The first kappa shape index (κ1) is 22.2. The van der Waals surface area contributed by atoms with E-state index in [4.69, 9.17) is 0 Å². The number of rotatable bonds is 6. The molecule has 162 valence electrons. The van der Waals surface area contributed by atoms with Crippen LogP contribution in [0.5, 0.6) is 0 Å². The van der Waals surface area contributed by atoms with Crippen LogP contribution in [0.1, 0.15) is 16.7 Å². The average molecular weight is 508 g/mol. The Morgan fingerprint density at radius 2 is 1.78 bits per heavy atom. The highest BCUT2D eigenvalue weighted by Gasteiger charge is 2.18. The Balaban J connectivity index is 1.59. The van der Waals surface area contributed by atoms with Gasteiger partial charge in [0.15, 0.2) is 11.0 Å². The maximum atomic E-state index is 12.7. The summed E-state index contributed by atoms with van der Waals surface area (Å²) in [7, 11) is 0. The van der Waals surface area contributed by atoms with Gasteiger partial charge in [0, 0.05) is 33.8 Å². The third-order valence-electron chi connectivity index (χ3n) is 4.91. The molecule has 1 amide bonds. The lowest BCUT2D eigenvalue weighted by molar-refractivity contribution is -0.113. The first-order valence-electron chi connectivity index (χ1n) is 10.0. The van der Waals surface area contributed by atoms with E-state index in [9.17, 15) is 4.79 Å². The fraction of sp³-hybridized carbons (Fsp3) is 0.167. The van der Waals surface area contributed by atoms with E-state index in [1.165, 1.54) is 17.3 Å². The largest absolute Gasteiger partial charge is 0.325 e. The van der Waals surface area contributed by atoms with Gasteiger partial charge in [-0.3, -0.25) is 14.3 Å². The predicted molar refractivity (Wildman–Crippen MR) is 132 cm³/mol. The maximum absolute atomic E-state index is 12.7. The Labute approximate surface area is 199 Å². The molecular formula is C24H22BrN5OS. The topological polar surface area (TPSA) is 72.7 Å². The number of benzene rings is 2. The summed E-state index contributed by atoms with van der Waals surface area (Å²) in [6.45, 7) is 6.07. The number of thioether (sulfide) groups is 1. The van der Waals surface area contributed by atoms with Gasteiger partial charge in [0.1, 0.15) is 0 Å². The predicted octanol–water partition coefficient (Wildman–Crippen LogP) is 5.75. The lowest BCUT2D eigenvalue weighted by Gasteiger charge is -2.13. The van der Waals surface area contributed by atoms with Crippen molar-refractivity contribution in [1.29, 1.82) is 0 Å². The zero-order valence-electron chi connectivity index (χ0n) is 18.0. The highest BCUT2D eigenvalue weighted by molar-refractivity contribution is 9.10. The number of pyridine rings is 1. The van der Waals surface area contributed by atoms with E-state index in [2.05, 4.69) is 55.5 Å². The molecule has 0 bridgehead atoms. The van der Waals surface area contributed by atoms with Crippen LogP contribution in [0.3, 0.4) is 0 Å². The Bertz CT molecular complexity index is 1230. The van der Waals surface area contributed by atoms with Crippen LogP contribution in [0.4, 0.5) is 5.69 Å². The molecule has 0 atom stereocenters. The van der Waals surface area contributed by atoms with Crippen LogP contribution in [-0.2, 0) is 4.79 Å². The van der Waals surface area contributed by atoms with Gasteiger partial charge in [-0.15, -0.1) is 10.2 Å². The molecule has 0 aliphatic heterocycles. The second-order valence-electron chi connectivity index (χ2n) is 7.47. The van der Waals surface area contributed by atoms with Gasteiger partial charge in [-0.2, -0.15) is 0 Å². The third-order valence-corrected chi connectivity index (χ3v) is 6.37. The van der Waals surface area contributed by atoms with E-state index < -0.39 is 0 Å². The van der Waals surface area contributed by atoms with Crippen LogP contribution in [0.15, 0.2) is 70.6 Å². The molecule has 0 radical (unpaired) electrons. The molecule has 6 nitrogen and oxygen atoms in total. The molecule has 4 aromatic rings. The number of hydrogen-bond donors (Lipinski definition) is 1. The van der Waals surface area contributed by atoms with Gasteiger partial charge in [-0.25, -0.2) is 0 Å². The van der Waals surface area contributed by atoms with Crippen molar-refractivity contribution in [3.63, 3.8) is 0 Å². The molecule has 4 rings (SSSR count). The minimum absolute atomic E-state index is 0.0849. The molecule has 0 fully saturated rings. The smallest absolute Gasteiger partial charge is 0.234 e. The quantitative estimate of drug-likeness (QED) is 0.336. The fourth-order valence-electron chi connectivity index (χ4n) is 3.55. The zero-order valence-corrected chi connectivity index (χ0v) is 20.4. The van der Waals surface area contributed by atoms with Crippen molar-refractivity contribution < 1.29 is 4.79 Å². The number of hydrogen-bond acceptors (Lipinski definition) is 5. The molecule has 32 heavy (non-hydrogen) atoms. The molecule has 0 aliphatic rings. The van der Waals surface area contributed by atoms with Crippen molar-refractivity contribution in [3.8, 4) is 17.1 Å². The standard InChI is InChI=1S/C24H22BrN5OS/c1-15-11-16(2)22(17(3)12-15)27-21(31)14-32-24-29-28-23(18-5-4-10-26-13-18)30(24)20-8-6-19(25)7-9-20/h4-13H,14H2,1-3H3,(H,27,31). The van der Waals surface area contributed by atoms with E-state index in [0.717, 1.165) is 32.5 Å². The number of anilines is 1. The number of halogens is 1. The normalized spacial score (nSPS) is 10.9. The number of nitrogens with one attached hydrogen (secondary N) is 1. The Morgan fingerprint density at radius 1 is 1.06 bits per heavy atom. The van der Waals surface area contributed by atoms with Crippen LogP contribution in [-0.4, -0.2) is 31.4 Å². The zero-order chi connectivity index (χ0) is 22.7. The minimum atomic E-state index is -0.0849. The molecule has 0 aliphatic carbocycles. The van der Waals surface area contributed by atoms with E-state index in [-0.39, 0.29) is 11.7 Å². The van der Waals surface area contributed by atoms with Gasteiger partial charge in [-0.1, -0.05) is 45.4 Å². The number of aromatic nitrogens is 4. The molecule has 2 heterocycles. The number of nitrogens with zero attached hydrogens (tertiary/aromatic N) is 4. The van der Waals surface area contributed by atoms with Crippen LogP contribution < -0.4 is 5.32 Å². The summed E-state index contributed by atoms with van der Waals surface area (Å²) in [6, 6.07) is 15.8. The summed E-state index contributed by atoms with van der Waals surface area (Å²) in [5, 5.41) is 12.5. The molecule has 1 N–H and O–H groups in total. The second-order valence-corrected chi connectivity index (χ2v) is 9.33. The fourth-order valence-corrected chi connectivity index (χ4v) is 4.57.